The van der Waals surface area contributed by atoms with E-state index in [0.717, 1.165) is 43.7 Å². The SMILES string of the molecule is CCCNC(c1cc(F)ccc1C)C1CN(C)CCN1C. The molecule has 0 bridgehead atoms. The molecule has 1 aromatic rings. The summed E-state index contributed by atoms with van der Waals surface area (Å²) >= 11 is 0. The van der Waals surface area contributed by atoms with Gasteiger partial charge in [-0.3, -0.25) is 4.90 Å². The molecule has 0 saturated carbocycles. The highest BCUT2D eigenvalue weighted by molar-refractivity contribution is 5.31. The third kappa shape index (κ3) is 4.02. The van der Waals surface area contributed by atoms with E-state index < -0.39 is 0 Å². The first-order valence-corrected chi connectivity index (χ1v) is 7.91. The first-order valence-electron chi connectivity index (χ1n) is 7.91. The maximum atomic E-state index is 13.7. The van der Waals surface area contributed by atoms with E-state index in [4.69, 9.17) is 0 Å². The van der Waals surface area contributed by atoms with Crippen molar-refractivity contribution in [3.8, 4) is 0 Å². The van der Waals surface area contributed by atoms with Crippen molar-refractivity contribution in [1.82, 2.24) is 15.1 Å². The second kappa shape index (κ2) is 7.34. The van der Waals surface area contributed by atoms with Gasteiger partial charge < -0.3 is 10.2 Å². The molecule has 0 spiro atoms. The number of rotatable bonds is 5. The molecule has 1 heterocycles. The number of hydrogen-bond donors (Lipinski definition) is 1. The van der Waals surface area contributed by atoms with Crippen LogP contribution in [-0.2, 0) is 0 Å². The maximum Gasteiger partial charge on any atom is 0.123 e. The molecule has 2 rings (SSSR count). The Morgan fingerprint density at radius 3 is 2.81 bits per heavy atom. The largest absolute Gasteiger partial charge is 0.309 e. The highest BCUT2D eigenvalue weighted by atomic mass is 19.1. The molecule has 2 atom stereocenters. The second-order valence-electron chi connectivity index (χ2n) is 6.24. The van der Waals surface area contributed by atoms with E-state index in [1.54, 1.807) is 12.1 Å². The van der Waals surface area contributed by atoms with E-state index in [0.29, 0.717) is 6.04 Å². The predicted molar refractivity (Wildman–Crippen MR) is 86.1 cm³/mol. The highest BCUT2D eigenvalue weighted by Crippen LogP contribution is 2.26. The standard InChI is InChI=1S/C17H28FN3/c1-5-8-19-17(15-11-14(18)7-6-13(15)2)16-12-20(3)9-10-21(16)4/h6-7,11,16-17,19H,5,8-10,12H2,1-4H3. The number of hydrogen-bond acceptors (Lipinski definition) is 3. The average molecular weight is 293 g/mol. The molecule has 1 saturated heterocycles. The Labute approximate surface area is 128 Å². The molecule has 1 N–H and O–H groups in total. The van der Waals surface area contributed by atoms with E-state index in [1.165, 1.54) is 0 Å². The van der Waals surface area contributed by atoms with Gasteiger partial charge in [-0.2, -0.15) is 0 Å². The van der Waals surface area contributed by atoms with Gasteiger partial charge in [0.05, 0.1) is 0 Å². The van der Waals surface area contributed by atoms with Crippen LogP contribution in [-0.4, -0.2) is 56.1 Å². The molecule has 0 aromatic heterocycles. The maximum absolute atomic E-state index is 13.7. The lowest BCUT2D eigenvalue weighted by Crippen LogP contribution is -2.55. The van der Waals surface area contributed by atoms with E-state index in [1.807, 2.05) is 6.07 Å². The van der Waals surface area contributed by atoms with Crippen LogP contribution in [0.25, 0.3) is 0 Å². The molecular formula is C17H28FN3. The van der Waals surface area contributed by atoms with E-state index in [2.05, 4.69) is 43.1 Å². The number of nitrogens with zero attached hydrogens (tertiary/aromatic N) is 2. The van der Waals surface area contributed by atoms with Crippen molar-refractivity contribution >= 4 is 0 Å². The third-order valence-electron chi connectivity index (χ3n) is 4.47. The lowest BCUT2D eigenvalue weighted by molar-refractivity contribution is 0.0874. The minimum atomic E-state index is -0.147. The summed E-state index contributed by atoms with van der Waals surface area (Å²) in [4.78, 5) is 4.76. The Bertz CT molecular complexity index is 463. The minimum absolute atomic E-state index is 0.147. The molecule has 118 valence electrons. The van der Waals surface area contributed by atoms with Crippen LogP contribution in [0, 0.1) is 12.7 Å². The summed E-state index contributed by atoms with van der Waals surface area (Å²) < 4.78 is 13.7. The van der Waals surface area contributed by atoms with Gasteiger partial charge in [-0.05, 0) is 57.2 Å². The summed E-state index contributed by atoms with van der Waals surface area (Å²) in [5.74, 6) is -0.147. The number of piperazine rings is 1. The van der Waals surface area contributed by atoms with Crippen molar-refractivity contribution in [2.45, 2.75) is 32.4 Å². The average Bonchev–Trinajstić information content (AvgIpc) is 2.46. The van der Waals surface area contributed by atoms with Gasteiger partial charge in [0.25, 0.3) is 0 Å². The van der Waals surface area contributed by atoms with Gasteiger partial charge in [-0.25, -0.2) is 4.39 Å². The lowest BCUT2D eigenvalue weighted by Gasteiger charge is -2.42. The third-order valence-corrected chi connectivity index (χ3v) is 4.47. The zero-order valence-electron chi connectivity index (χ0n) is 13.7. The van der Waals surface area contributed by atoms with Gasteiger partial charge in [0.1, 0.15) is 5.82 Å². The molecule has 1 fully saturated rings. The van der Waals surface area contributed by atoms with Crippen LogP contribution in [0.3, 0.4) is 0 Å². The summed E-state index contributed by atoms with van der Waals surface area (Å²) in [6, 6.07) is 5.68. The molecule has 1 aliphatic rings. The monoisotopic (exact) mass is 293 g/mol. The fourth-order valence-electron chi connectivity index (χ4n) is 3.10. The number of aryl methyl sites for hydroxylation is 1. The number of likely N-dealkylation sites (N-methyl/N-ethyl adjacent to an activating group) is 2. The summed E-state index contributed by atoms with van der Waals surface area (Å²) in [6.07, 6.45) is 1.08. The normalized spacial score (nSPS) is 22.4. The Morgan fingerprint density at radius 1 is 1.33 bits per heavy atom. The van der Waals surface area contributed by atoms with Crippen molar-refractivity contribution in [2.24, 2.45) is 0 Å². The highest BCUT2D eigenvalue weighted by Gasteiger charge is 2.31. The fraction of sp³-hybridized carbons (Fsp3) is 0.647. The summed E-state index contributed by atoms with van der Waals surface area (Å²) in [7, 11) is 4.34. The van der Waals surface area contributed by atoms with Crippen LogP contribution in [0.5, 0.6) is 0 Å². The Hall–Kier alpha value is -0.970. The Balaban J connectivity index is 2.30. The van der Waals surface area contributed by atoms with Gasteiger partial charge in [0.2, 0.25) is 0 Å². The molecule has 3 nitrogen and oxygen atoms in total. The molecule has 2 unspecified atom stereocenters. The van der Waals surface area contributed by atoms with Crippen molar-refractivity contribution in [2.75, 3.05) is 40.3 Å². The lowest BCUT2D eigenvalue weighted by atomic mass is 9.92. The molecular weight excluding hydrogens is 265 g/mol. The number of halogens is 1. The van der Waals surface area contributed by atoms with Crippen molar-refractivity contribution < 1.29 is 4.39 Å². The quantitative estimate of drug-likeness (QED) is 0.899. The summed E-state index contributed by atoms with van der Waals surface area (Å²) in [6.45, 7) is 8.35. The van der Waals surface area contributed by atoms with Gasteiger partial charge in [0.15, 0.2) is 0 Å². The van der Waals surface area contributed by atoms with Crippen LogP contribution in [0.2, 0.25) is 0 Å². The van der Waals surface area contributed by atoms with Crippen LogP contribution < -0.4 is 5.32 Å². The molecule has 1 aliphatic heterocycles. The molecule has 0 aliphatic carbocycles. The van der Waals surface area contributed by atoms with Crippen molar-refractivity contribution in [3.05, 3.63) is 35.1 Å². The van der Waals surface area contributed by atoms with E-state index >= 15 is 0 Å². The van der Waals surface area contributed by atoms with Gasteiger partial charge >= 0.3 is 0 Å². The smallest absolute Gasteiger partial charge is 0.123 e. The molecule has 1 aromatic carbocycles. The zero-order chi connectivity index (χ0) is 15.4. The van der Waals surface area contributed by atoms with Gasteiger partial charge in [-0.1, -0.05) is 13.0 Å². The first-order chi connectivity index (χ1) is 10.0. The zero-order valence-corrected chi connectivity index (χ0v) is 13.7. The Kier molecular flexibility index (Phi) is 5.73. The van der Waals surface area contributed by atoms with Crippen molar-refractivity contribution in [1.29, 1.82) is 0 Å². The van der Waals surface area contributed by atoms with E-state index in [9.17, 15) is 4.39 Å². The van der Waals surface area contributed by atoms with Crippen LogP contribution in [0.15, 0.2) is 18.2 Å². The predicted octanol–water partition coefficient (Wildman–Crippen LogP) is 2.42. The minimum Gasteiger partial charge on any atom is -0.309 e. The van der Waals surface area contributed by atoms with Gasteiger partial charge in [-0.15, -0.1) is 0 Å². The number of nitrogens with one attached hydrogen (secondary N) is 1. The molecule has 0 amide bonds. The molecule has 4 heteroatoms. The first kappa shape index (κ1) is 16.4. The van der Waals surface area contributed by atoms with Crippen LogP contribution in [0.1, 0.15) is 30.5 Å². The molecule has 21 heavy (non-hydrogen) atoms. The molecule has 0 radical (unpaired) electrons. The second-order valence-corrected chi connectivity index (χ2v) is 6.24. The Morgan fingerprint density at radius 2 is 2.10 bits per heavy atom. The van der Waals surface area contributed by atoms with E-state index in [-0.39, 0.29) is 11.9 Å². The summed E-state index contributed by atoms with van der Waals surface area (Å²) in [5.41, 5.74) is 2.25. The van der Waals surface area contributed by atoms with Crippen LogP contribution >= 0.6 is 0 Å². The van der Waals surface area contributed by atoms with Crippen LogP contribution in [0.4, 0.5) is 4.39 Å². The topological polar surface area (TPSA) is 18.5 Å². The summed E-state index contributed by atoms with van der Waals surface area (Å²) in [5, 5.41) is 3.64. The van der Waals surface area contributed by atoms with Crippen molar-refractivity contribution in [3.63, 3.8) is 0 Å². The fourth-order valence-corrected chi connectivity index (χ4v) is 3.10. The number of benzene rings is 1. The van der Waals surface area contributed by atoms with Gasteiger partial charge in [0, 0.05) is 31.7 Å².